The molecule has 0 unspecified atom stereocenters. The fraction of sp³-hybridized carbons (Fsp3) is 0.283. The zero-order valence-electron chi connectivity index (χ0n) is 41.8. The highest BCUT2D eigenvalue weighted by molar-refractivity contribution is 7.91. The smallest absolute Gasteiger partial charge is 0.348 e. The summed E-state index contributed by atoms with van der Waals surface area (Å²) in [5, 5.41) is 10.4. The molecular weight excluding hydrogens is 1060 g/mol. The summed E-state index contributed by atoms with van der Waals surface area (Å²) in [7, 11) is -7.01. The molecule has 0 saturated carbocycles. The average molecular weight is 1110 g/mol. The van der Waals surface area contributed by atoms with Crippen molar-refractivity contribution in [2.45, 2.75) is 94.0 Å². The van der Waals surface area contributed by atoms with E-state index in [1.165, 1.54) is 74.5 Å². The Kier molecular flexibility index (Phi) is 18.2. The Bertz CT molecular complexity index is 3350. The predicted octanol–water partition coefficient (Wildman–Crippen LogP) is 8.62. The Labute approximate surface area is 438 Å². The van der Waals surface area contributed by atoms with Crippen LogP contribution in [0.4, 0.5) is 37.7 Å². The fourth-order valence-electron chi connectivity index (χ4n) is 8.04. The zero-order valence-corrected chi connectivity index (χ0v) is 43.5. The van der Waals surface area contributed by atoms with E-state index in [0.29, 0.717) is 43.2 Å². The van der Waals surface area contributed by atoms with Crippen molar-refractivity contribution in [3.05, 3.63) is 175 Å². The summed E-state index contributed by atoms with van der Waals surface area (Å²) in [6.07, 6.45) is -5.39. The monoisotopic (exact) mass is 1110 g/mol. The molecule has 4 aromatic carbocycles. The molecule has 24 heteroatoms. The second kappa shape index (κ2) is 24.0. The number of nitrogens with one attached hydrogen (secondary N) is 4. The van der Waals surface area contributed by atoms with Crippen molar-refractivity contribution in [3.63, 3.8) is 0 Å². The van der Waals surface area contributed by atoms with Gasteiger partial charge in [-0.05, 0) is 111 Å². The third-order valence-corrected chi connectivity index (χ3v) is 14.5. The summed E-state index contributed by atoms with van der Waals surface area (Å²) in [4.78, 5) is 81.4. The van der Waals surface area contributed by atoms with Gasteiger partial charge < -0.3 is 21.3 Å². The SMILES string of the molecule is Cc1c(NC(=O)CCCCCCCC(=O)Nc2cc(C(=O)NCc3ccc(S(C)(=O)=O)cc3)c(=O)n(-c3cccc(C(F)(F)F)c3)c2C)cc(C(=O)NCc2ccc(S(C)(=O)=O)cc2)c(=O)n1-c1cccc(C(F)(F)F)c1. The number of benzene rings is 4. The first kappa shape index (κ1) is 58.4. The van der Waals surface area contributed by atoms with E-state index in [4.69, 9.17) is 0 Å². The Morgan fingerprint density at radius 3 is 1.16 bits per heavy atom. The number of sulfone groups is 2. The van der Waals surface area contributed by atoms with E-state index in [-0.39, 0.29) is 69.9 Å². The number of anilines is 2. The second-order valence-corrected chi connectivity index (χ2v) is 22.1. The lowest BCUT2D eigenvalue weighted by Gasteiger charge is -2.18. The number of alkyl halides is 6. The van der Waals surface area contributed by atoms with Gasteiger partial charge in [-0.25, -0.2) is 16.8 Å². The Hall–Kier alpha value is -7.86. The molecule has 0 aliphatic carbocycles. The topological polar surface area (TPSA) is 229 Å². The summed E-state index contributed by atoms with van der Waals surface area (Å²) in [6, 6.07) is 21.1. The van der Waals surface area contributed by atoms with Gasteiger partial charge in [0.15, 0.2) is 19.7 Å². The molecule has 0 bridgehead atoms. The number of aromatic nitrogens is 2. The van der Waals surface area contributed by atoms with Crippen molar-refractivity contribution < 1.29 is 62.4 Å². The van der Waals surface area contributed by atoms with Crippen LogP contribution in [-0.4, -0.2) is 62.1 Å². The van der Waals surface area contributed by atoms with Crippen molar-refractivity contribution in [2.24, 2.45) is 0 Å². The number of amides is 4. The lowest BCUT2D eigenvalue weighted by atomic mass is 10.1. The number of carbonyl (C=O) groups excluding carboxylic acids is 4. The largest absolute Gasteiger partial charge is 0.416 e. The Morgan fingerprint density at radius 1 is 0.494 bits per heavy atom. The van der Waals surface area contributed by atoms with E-state index in [1.54, 1.807) is 0 Å². The molecule has 4 amide bonds. The zero-order chi connectivity index (χ0) is 56.6. The first-order chi connectivity index (χ1) is 36.0. The summed E-state index contributed by atoms with van der Waals surface area (Å²) in [5.41, 5.74) is -4.64. The number of halogens is 6. The summed E-state index contributed by atoms with van der Waals surface area (Å²) in [5.74, 6) is -2.94. The van der Waals surface area contributed by atoms with Gasteiger partial charge in [0.1, 0.15) is 11.1 Å². The van der Waals surface area contributed by atoms with Crippen LogP contribution in [0.2, 0.25) is 0 Å². The molecule has 2 heterocycles. The van der Waals surface area contributed by atoms with E-state index < -0.39 is 89.0 Å². The van der Waals surface area contributed by atoms with E-state index >= 15 is 0 Å². The van der Waals surface area contributed by atoms with Gasteiger partial charge in [0, 0.05) is 61.2 Å². The lowest BCUT2D eigenvalue weighted by molar-refractivity contribution is -0.138. The standard InChI is InChI=1S/C53H52F6N6O10S2/c1-32-44(28-42(48(68)60-30-34-18-22-40(23-19-34)76(3,72)73)50(70)64(32)38-14-10-12-36(26-38)52(54,55)56)62-46(66)16-8-6-5-7-9-17-47(67)63-45-29-43(49(69)61-31-35-20-24-41(25-21-35)77(4,74)75)51(71)65(33(45)2)39-15-11-13-37(27-39)53(57,58)59/h10-15,18-29H,5-9,16-17,30-31H2,1-4H3,(H,60,68)(H,61,69)(H,62,66)(H,63,67). The maximum atomic E-state index is 13.8. The van der Waals surface area contributed by atoms with E-state index in [0.717, 1.165) is 70.2 Å². The number of hydrogen-bond acceptors (Lipinski definition) is 10. The molecule has 0 aliphatic rings. The molecule has 0 radical (unpaired) electrons. The number of hydrogen-bond donors (Lipinski definition) is 4. The van der Waals surface area contributed by atoms with Crippen LogP contribution < -0.4 is 32.4 Å². The van der Waals surface area contributed by atoms with Crippen LogP contribution in [0.15, 0.2) is 129 Å². The van der Waals surface area contributed by atoms with Gasteiger partial charge in [-0.1, -0.05) is 55.7 Å². The molecule has 16 nitrogen and oxygen atoms in total. The van der Waals surface area contributed by atoms with Gasteiger partial charge in [-0.15, -0.1) is 0 Å². The Balaban J connectivity index is 1.09. The lowest BCUT2D eigenvalue weighted by Crippen LogP contribution is -2.34. The molecule has 77 heavy (non-hydrogen) atoms. The molecule has 0 fully saturated rings. The van der Waals surface area contributed by atoms with Crippen LogP contribution in [0.25, 0.3) is 11.4 Å². The highest BCUT2D eigenvalue weighted by Crippen LogP contribution is 2.32. The number of carbonyl (C=O) groups is 4. The molecule has 4 N–H and O–H groups in total. The molecular formula is C53H52F6N6O10S2. The quantitative estimate of drug-likeness (QED) is 0.0420. The average Bonchev–Trinajstić information content (AvgIpc) is 3.36. The molecule has 6 rings (SSSR count). The maximum Gasteiger partial charge on any atom is 0.416 e. The van der Waals surface area contributed by atoms with Crippen molar-refractivity contribution in [2.75, 3.05) is 23.1 Å². The number of nitrogens with zero attached hydrogens (tertiary/aromatic N) is 2. The number of rotatable bonds is 20. The minimum Gasteiger partial charge on any atom is -0.348 e. The highest BCUT2D eigenvalue weighted by Gasteiger charge is 2.32. The van der Waals surface area contributed by atoms with Crippen LogP contribution in [0.5, 0.6) is 0 Å². The summed E-state index contributed by atoms with van der Waals surface area (Å²) in [6.45, 7) is 2.45. The number of pyridine rings is 2. The minimum absolute atomic E-state index is 0.0223. The first-order valence-electron chi connectivity index (χ1n) is 23.7. The van der Waals surface area contributed by atoms with Crippen LogP contribution >= 0.6 is 0 Å². The molecule has 0 saturated heterocycles. The first-order valence-corrected chi connectivity index (χ1v) is 27.4. The maximum absolute atomic E-state index is 13.8. The van der Waals surface area contributed by atoms with Crippen LogP contribution in [0, 0.1) is 13.8 Å². The summed E-state index contributed by atoms with van der Waals surface area (Å²) < 4.78 is 132. The second-order valence-electron chi connectivity index (χ2n) is 18.1. The molecule has 0 spiro atoms. The van der Waals surface area contributed by atoms with Gasteiger partial charge in [-0.3, -0.25) is 37.9 Å². The third-order valence-electron chi connectivity index (χ3n) is 12.2. The molecule has 408 valence electrons. The Morgan fingerprint density at radius 2 is 0.831 bits per heavy atom. The molecule has 0 aliphatic heterocycles. The molecule has 2 aromatic heterocycles. The van der Waals surface area contributed by atoms with E-state index in [2.05, 4.69) is 21.3 Å². The van der Waals surface area contributed by atoms with Crippen molar-refractivity contribution in [3.8, 4) is 11.4 Å². The van der Waals surface area contributed by atoms with Gasteiger partial charge in [0.05, 0.1) is 32.3 Å². The van der Waals surface area contributed by atoms with E-state index in [9.17, 15) is 71.9 Å². The normalized spacial score (nSPS) is 12.0. The molecule has 6 aromatic rings. The van der Waals surface area contributed by atoms with Gasteiger partial charge in [0.2, 0.25) is 11.8 Å². The van der Waals surface area contributed by atoms with Crippen LogP contribution in [-0.2, 0) is 54.7 Å². The third kappa shape index (κ3) is 15.2. The predicted molar refractivity (Wildman–Crippen MR) is 275 cm³/mol. The van der Waals surface area contributed by atoms with Crippen LogP contribution in [0.3, 0.4) is 0 Å². The van der Waals surface area contributed by atoms with E-state index in [1.807, 2.05) is 0 Å². The number of unbranched alkanes of at least 4 members (excludes halogenated alkanes) is 4. The summed E-state index contributed by atoms with van der Waals surface area (Å²) >= 11 is 0. The molecule has 0 atom stereocenters. The van der Waals surface area contributed by atoms with Crippen molar-refractivity contribution in [1.82, 2.24) is 19.8 Å². The fourth-order valence-corrected chi connectivity index (χ4v) is 9.30. The van der Waals surface area contributed by atoms with Crippen LogP contribution in [0.1, 0.15) is 99.3 Å². The van der Waals surface area contributed by atoms with Gasteiger partial charge in [-0.2, -0.15) is 26.3 Å². The van der Waals surface area contributed by atoms with Gasteiger partial charge >= 0.3 is 12.4 Å². The minimum atomic E-state index is -4.77. The van der Waals surface area contributed by atoms with Crippen molar-refractivity contribution >= 4 is 54.7 Å². The highest BCUT2D eigenvalue weighted by atomic mass is 32.2. The van der Waals surface area contributed by atoms with Gasteiger partial charge in [0.25, 0.3) is 22.9 Å². The van der Waals surface area contributed by atoms with Crippen molar-refractivity contribution in [1.29, 1.82) is 0 Å².